The number of piperidine rings is 1. The molecular weight excluding hydrogens is 270 g/mol. The van der Waals surface area contributed by atoms with Crippen LogP contribution in [0.5, 0.6) is 0 Å². The average Bonchev–Trinajstić information content (AvgIpc) is 2.47. The molecule has 1 aromatic carbocycles. The molecular formula is C17H26F2N2. The van der Waals surface area contributed by atoms with Crippen LogP contribution in [-0.2, 0) is 0 Å². The van der Waals surface area contributed by atoms with E-state index >= 15 is 0 Å². The fraction of sp³-hybridized carbons (Fsp3) is 0.647. The van der Waals surface area contributed by atoms with Crippen LogP contribution in [0.1, 0.15) is 50.6 Å². The lowest BCUT2D eigenvalue weighted by Gasteiger charge is -2.28. The van der Waals surface area contributed by atoms with Gasteiger partial charge in [-0.15, -0.1) is 0 Å². The summed E-state index contributed by atoms with van der Waals surface area (Å²) in [7, 11) is 0. The van der Waals surface area contributed by atoms with Crippen molar-refractivity contribution in [1.82, 2.24) is 10.2 Å². The molecule has 1 unspecified atom stereocenters. The first-order valence-corrected chi connectivity index (χ1v) is 8.10. The van der Waals surface area contributed by atoms with Gasteiger partial charge in [0, 0.05) is 12.1 Å². The highest BCUT2D eigenvalue weighted by molar-refractivity contribution is 5.21. The minimum absolute atomic E-state index is 0.0251. The van der Waals surface area contributed by atoms with Gasteiger partial charge in [-0.3, -0.25) is 0 Å². The molecule has 4 heteroatoms. The predicted molar refractivity (Wildman–Crippen MR) is 82.3 cm³/mol. The maximum atomic E-state index is 13.4. The van der Waals surface area contributed by atoms with Crippen LogP contribution in [0.15, 0.2) is 18.2 Å². The number of halogens is 2. The normalized spacial score (nSPS) is 17.9. The highest BCUT2D eigenvalue weighted by atomic mass is 19.1. The lowest BCUT2D eigenvalue weighted by Crippen LogP contribution is -2.33. The Balaban J connectivity index is 1.98. The van der Waals surface area contributed by atoms with Crippen molar-refractivity contribution in [3.63, 3.8) is 0 Å². The zero-order valence-corrected chi connectivity index (χ0v) is 12.9. The monoisotopic (exact) mass is 296 g/mol. The minimum Gasteiger partial charge on any atom is -0.310 e. The molecule has 0 spiro atoms. The molecule has 0 aromatic heterocycles. The van der Waals surface area contributed by atoms with Crippen LogP contribution in [0.25, 0.3) is 0 Å². The van der Waals surface area contributed by atoms with Crippen molar-refractivity contribution in [1.29, 1.82) is 0 Å². The fourth-order valence-corrected chi connectivity index (χ4v) is 2.98. The summed E-state index contributed by atoms with van der Waals surface area (Å²) in [5.41, 5.74) is 0.720. The van der Waals surface area contributed by atoms with Crippen molar-refractivity contribution in [2.24, 2.45) is 0 Å². The maximum Gasteiger partial charge on any atom is 0.126 e. The van der Waals surface area contributed by atoms with Gasteiger partial charge in [-0.2, -0.15) is 0 Å². The van der Waals surface area contributed by atoms with Crippen molar-refractivity contribution in [3.8, 4) is 0 Å². The standard InChI is InChI=1S/C17H26F2N2/c1-2-7-20-17(6-10-21-8-4-3-5-9-21)14-11-15(18)13-16(19)12-14/h11-13,17,20H,2-10H2,1H3. The number of hydrogen-bond acceptors (Lipinski definition) is 2. The molecule has 0 bridgehead atoms. The zero-order chi connectivity index (χ0) is 15.1. The predicted octanol–water partition coefficient (Wildman–Crippen LogP) is 3.88. The number of hydrogen-bond donors (Lipinski definition) is 1. The van der Waals surface area contributed by atoms with Crippen molar-refractivity contribution in [3.05, 3.63) is 35.4 Å². The molecule has 1 N–H and O–H groups in total. The Bertz CT molecular complexity index is 411. The number of rotatable bonds is 7. The second-order valence-corrected chi connectivity index (χ2v) is 5.90. The molecule has 118 valence electrons. The zero-order valence-electron chi connectivity index (χ0n) is 12.9. The molecule has 21 heavy (non-hydrogen) atoms. The first kappa shape index (κ1) is 16.4. The van der Waals surface area contributed by atoms with Gasteiger partial charge in [0.2, 0.25) is 0 Å². The summed E-state index contributed by atoms with van der Waals surface area (Å²) >= 11 is 0. The Kier molecular flexibility index (Phi) is 6.58. The van der Waals surface area contributed by atoms with Crippen molar-refractivity contribution >= 4 is 0 Å². The highest BCUT2D eigenvalue weighted by Gasteiger charge is 2.16. The van der Waals surface area contributed by atoms with Gasteiger partial charge in [0.15, 0.2) is 0 Å². The Hall–Kier alpha value is -1.00. The van der Waals surface area contributed by atoms with Gasteiger partial charge in [-0.25, -0.2) is 8.78 Å². The Labute approximate surface area is 126 Å². The largest absolute Gasteiger partial charge is 0.310 e. The van der Waals surface area contributed by atoms with Gasteiger partial charge in [0.1, 0.15) is 11.6 Å². The van der Waals surface area contributed by atoms with Crippen LogP contribution < -0.4 is 5.32 Å². The highest BCUT2D eigenvalue weighted by Crippen LogP contribution is 2.21. The van der Waals surface area contributed by atoms with E-state index in [2.05, 4.69) is 17.1 Å². The lowest BCUT2D eigenvalue weighted by molar-refractivity contribution is 0.217. The first-order chi connectivity index (χ1) is 10.2. The summed E-state index contributed by atoms with van der Waals surface area (Å²) < 4.78 is 26.9. The number of nitrogens with one attached hydrogen (secondary N) is 1. The number of benzene rings is 1. The molecule has 1 aliphatic rings. The van der Waals surface area contributed by atoms with E-state index in [0.717, 1.165) is 50.7 Å². The molecule has 0 aliphatic carbocycles. The summed E-state index contributed by atoms with van der Waals surface area (Å²) in [6.45, 7) is 6.25. The maximum absolute atomic E-state index is 13.4. The van der Waals surface area contributed by atoms with E-state index in [9.17, 15) is 8.78 Å². The van der Waals surface area contributed by atoms with E-state index in [1.165, 1.54) is 31.4 Å². The Morgan fingerprint density at radius 3 is 2.38 bits per heavy atom. The number of nitrogens with zero attached hydrogens (tertiary/aromatic N) is 1. The molecule has 0 radical (unpaired) electrons. The van der Waals surface area contributed by atoms with Crippen LogP contribution >= 0.6 is 0 Å². The second-order valence-electron chi connectivity index (χ2n) is 5.90. The van der Waals surface area contributed by atoms with Gasteiger partial charge in [0.25, 0.3) is 0 Å². The summed E-state index contributed by atoms with van der Waals surface area (Å²) in [4.78, 5) is 2.46. The molecule has 2 nitrogen and oxygen atoms in total. The van der Waals surface area contributed by atoms with Crippen LogP contribution in [0.2, 0.25) is 0 Å². The van der Waals surface area contributed by atoms with E-state index in [-0.39, 0.29) is 6.04 Å². The molecule has 1 fully saturated rings. The molecule has 1 saturated heterocycles. The molecule has 1 aromatic rings. The van der Waals surface area contributed by atoms with E-state index in [4.69, 9.17) is 0 Å². The van der Waals surface area contributed by atoms with Crippen LogP contribution in [0.4, 0.5) is 8.78 Å². The van der Waals surface area contributed by atoms with Crippen molar-refractivity contribution in [2.75, 3.05) is 26.2 Å². The van der Waals surface area contributed by atoms with Crippen LogP contribution in [0.3, 0.4) is 0 Å². The topological polar surface area (TPSA) is 15.3 Å². The van der Waals surface area contributed by atoms with E-state index in [1.807, 2.05) is 0 Å². The smallest absolute Gasteiger partial charge is 0.126 e. The SMILES string of the molecule is CCCNC(CCN1CCCCC1)c1cc(F)cc(F)c1. The third-order valence-electron chi connectivity index (χ3n) is 4.11. The average molecular weight is 296 g/mol. The van der Waals surface area contributed by atoms with E-state index < -0.39 is 11.6 Å². The molecule has 1 atom stereocenters. The summed E-state index contributed by atoms with van der Waals surface area (Å²) in [5, 5.41) is 3.42. The first-order valence-electron chi connectivity index (χ1n) is 8.10. The second kappa shape index (κ2) is 8.44. The fourth-order valence-electron chi connectivity index (χ4n) is 2.98. The summed E-state index contributed by atoms with van der Waals surface area (Å²) in [6.07, 6.45) is 5.76. The van der Waals surface area contributed by atoms with Gasteiger partial charge < -0.3 is 10.2 Å². The minimum atomic E-state index is -0.494. The lowest BCUT2D eigenvalue weighted by atomic mass is 10.0. The van der Waals surface area contributed by atoms with Crippen molar-refractivity contribution < 1.29 is 8.78 Å². The van der Waals surface area contributed by atoms with Crippen LogP contribution in [-0.4, -0.2) is 31.1 Å². The van der Waals surface area contributed by atoms with Gasteiger partial charge in [-0.05, 0) is 69.6 Å². The van der Waals surface area contributed by atoms with E-state index in [1.54, 1.807) is 0 Å². The molecule has 0 saturated carbocycles. The van der Waals surface area contributed by atoms with Gasteiger partial charge >= 0.3 is 0 Å². The molecule has 2 rings (SSSR count). The van der Waals surface area contributed by atoms with Crippen LogP contribution in [0, 0.1) is 11.6 Å². The molecule has 1 heterocycles. The van der Waals surface area contributed by atoms with Gasteiger partial charge in [0.05, 0.1) is 0 Å². The summed E-state index contributed by atoms with van der Waals surface area (Å²) in [6, 6.07) is 3.86. The quantitative estimate of drug-likeness (QED) is 0.821. The summed E-state index contributed by atoms with van der Waals surface area (Å²) in [5.74, 6) is -0.988. The third-order valence-corrected chi connectivity index (χ3v) is 4.11. The number of likely N-dealkylation sites (tertiary alicyclic amines) is 1. The van der Waals surface area contributed by atoms with Crippen molar-refractivity contribution in [2.45, 2.75) is 45.1 Å². The Morgan fingerprint density at radius 2 is 1.76 bits per heavy atom. The van der Waals surface area contributed by atoms with Gasteiger partial charge in [-0.1, -0.05) is 13.3 Å². The third kappa shape index (κ3) is 5.36. The van der Waals surface area contributed by atoms with E-state index in [0.29, 0.717) is 0 Å². The molecule has 0 amide bonds. The molecule has 1 aliphatic heterocycles. The Morgan fingerprint density at radius 1 is 1.10 bits per heavy atom.